The van der Waals surface area contributed by atoms with Crippen molar-refractivity contribution in [3.8, 4) is 5.75 Å². The second-order valence-corrected chi connectivity index (χ2v) is 4.71. The van der Waals surface area contributed by atoms with Crippen LogP contribution in [0.5, 0.6) is 5.75 Å². The lowest BCUT2D eigenvalue weighted by molar-refractivity contribution is -0.131. The normalized spacial score (nSPS) is 9.95. The summed E-state index contributed by atoms with van der Waals surface area (Å²) in [4.78, 5) is 26.7. The molecule has 1 amide bonds. The van der Waals surface area contributed by atoms with Gasteiger partial charge in [-0.15, -0.1) is 0 Å². The van der Waals surface area contributed by atoms with Crippen molar-refractivity contribution in [3.05, 3.63) is 36.0 Å². The Morgan fingerprint density at radius 1 is 1.42 bits per heavy atom. The molecule has 7 heteroatoms. The van der Waals surface area contributed by atoms with Gasteiger partial charge in [0.15, 0.2) is 5.13 Å². The summed E-state index contributed by atoms with van der Waals surface area (Å²) >= 11 is 1.17. The fourth-order valence-corrected chi connectivity index (χ4v) is 1.96. The number of ether oxygens (including phenoxy) is 1. The van der Waals surface area contributed by atoms with Crippen LogP contribution in [0.1, 0.15) is 17.3 Å². The zero-order chi connectivity index (χ0) is 13.8. The maximum absolute atomic E-state index is 11.9. The van der Waals surface area contributed by atoms with Gasteiger partial charge in [0.05, 0.1) is 6.20 Å². The van der Waals surface area contributed by atoms with E-state index in [4.69, 9.17) is 10.5 Å². The standard InChI is InChI=1S/C12H11N3O3S/c1-7(16)18-9-4-2-3-8(5-9)11(17)15-12-14-6-10(13)19-12/h2-6H,13H2,1H3,(H,14,15,17). The van der Waals surface area contributed by atoms with E-state index in [0.29, 0.717) is 21.4 Å². The molecule has 0 saturated carbocycles. The highest BCUT2D eigenvalue weighted by molar-refractivity contribution is 7.19. The first-order valence-electron chi connectivity index (χ1n) is 5.36. The number of aromatic nitrogens is 1. The number of anilines is 2. The van der Waals surface area contributed by atoms with Crippen LogP contribution in [0.15, 0.2) is 30.5 Å². The van der Waals surface area contributed by atoms with E-state index in [0.717, 1.165) is 0 Å². The summed E-state index contributed by atoms with van der Waals surface area (Å²) in [6.45, 7) is 1.30. The molecule has 1 heterocycles. The molecule has 0 atom stereocenters. The smallest absolute Gasteiger partial charge is 0.308 e. The molecule has 0 aliphatic heterocycles. The van der Waals surface area contributed by atoms with Gasteiger partial charge in [-0.3, -0.25) is 14.9 Å². The van der Waals surface area contributed by atoms with Gasteiger partial charge in [-0.05, 0) is 18.2 Å². The molecule has 0 fully saturated rings. The monoisotopic (exact) mass is 277 g/mol. The number of carbonyl (C=O) groups excluding carboxylic acids is 2. The van der Waals surface area contributed by atoms with Crippen LogP contribution in [0.2, 0.25) is 0 Å². The van der Waals surface area contributed by atoms with Crippen molar-refractivity contribution in [3.63, 3.8) is 0 Å². The molecule has 3 N–H and O–H groups in total. The van der Waals surface area contributed by atoms with E-state index < -0.39 is 5.97 Å². The van der Waals surface area contributed by atoms with Gasteiger partial charge in [0, 0.05) is 12.5 Å². The van der Waals surface area contributed by atoms with Crippen LogP contribution < -0.4 is 15.8 Å². The number of amides is 1. The molecule has 6 nitrogen and oxygen atoms in total. The molecule has 0 unspecified atom stereocenters. The van der Waals surface area contributed by atoms with Crippen LogP contribution >= 0.6 is 11.3 Å². The summed E-state index contributed by atoms with van der Waals surface area (Å²) < 4.78 is 4.91. The Morgan fingerprint density at radius 2 is 2.21 bits per heavy atom. The van der Waals surface area contributed by atoms with Gasteiger partial charge in [0.25, 0.3) is 5.91 Å². The number of rotatable bonds is 3. The number of nitrogen functional groups attached to an aromatic ring is 1. The fourth-order valence-electron chi connectivity index (χ4n) is 1.38. The number of nitrogens with two attached hydrogens (primary N) is 1. The molecule has 98 valence electrons. The molecule has 19 heavy (non-hydrogen) atoms. The van der Waals surface area contributed by atoms with Crippen molar-refractivity contribution in [1.29, 1.82) is 0 Å². The summed E-state index contributed by atoms with van der Waals surface area (Å²) in [5, 5.41) is 3.54. The van der Waals surface area contributed by atoms with Gasteiger partial charge in [-0.2, -0.15) is 0 Å². The number of hydrogen-bond donors (Lipinski definition) is 2. The molecule has 0 aliphatic carbocycles. The third-order valence-electron chi connectivity index (χ3n) is 2.10. The highest BCUT2D eigenvalue weighted by Crippen LogP contribution is 2.21. The minimum atomic E-state index is -0.440. The first-order valence-corrected chi connectivity index (χ1v) is 6.17. The van der Waals surface area contributed by atoms with Crippen LogP contribution in [-0.4, -0.2) is 16.9 Å². The average Bonchev–Trinajstić information content (AvgIpc) is 2.74. The average molecular weight is 277 g/mol. The SMILES string of the molecule is CC(=O)Oc1cccc(C(=O)Nc2ncc(N)s2)c1. The van der Waals surface area contributed by atoms with Crippen LogP contribution in [0.3, 0.4) is 0 Å². The minimum absolute atomic E-state index is 0.318. The van der Waals surface area contributed by atoms with Gasteiger partial charge < -0.3 is 10.5 Å². The molecule has 0 bridgehead atoms. The molecule has 0 saturated heterocycles. The number of benzene rings is 1. The number of esters is 1. The zero-order valence-corrected chi connectivity index (χ0v) is 10.9. The predicted octanol–water partition coefficient (Wildman–Crippen LogP) is 1.90. The Bertz CT molecular complexity index is 624. The van der Waals surface area contributed by atoms with E-state index in [2.05, 4.69) is 10.3 Å². The fraction of sp³-hybridized carbons (Fsp3) is 0.0833. The van der Waals surface area contributed by atoms with Crippen molar-refractivity contribution in [2.24, 2.45) is 0 Å². The highest BCUT2D eigenvalue weighted by atomic mass is 32.1. The Balaban J connectivity index is 2.12. The van der Waals surface area contributed by atoms with Crippen LogP contribution in [0.4, 0.5) is 10.1 Å². The number of carbonyl (C=O) groups is 2. The van der Waals surface area contributed by atoms with Gasteiger partial charge >= 0.3 is 5.97 Å². The predicted molar refractivity (Wildman–Crippen MR) is 72.2 cm³/mol. The van der Waals surface area contributed by atoms with Crippen LogP contribution in [-0.2, 0) is 4.79 Å². The summed E-state index contributed by atoms with van der Waals surface area (Å²) in [5.41, 5.74) is 5.89. The molecule has 1 aromatic carbocycles. The number of thiazole rings is 1. The van der Waals surface area contributed by atoms with Crippen molar-refractivity contribution in [2.75, 3.05) is 11.1 Å². The highest BCUT2D eigenvalue weighted by Gasteiger charge is 2.10. The van der Waals surface area contributed by atoms with Crippen molar-refractivity contribution in [1.82, 2.24) is 4.98 Å². The third kappa shape index (κ3) is 3.52. The first-order chi connectivity index (χ1) is 9.04. The molecule has 0 aliphatic rings. The van der Waals surface area contributed by atoms with Gasteiger partial charge in [-0.25, -0.2) is 4.98 Å². The summed E-state index contributed by atoms with van der Waals surface area (Å²) in [6, 6.07) is 6.32. The van der Waals surface area contributed by atoms with Crippen LogP contribution in [0.25, 0.3) is 0 Å². The lowest BCUT2D eigenvalue weighted by Crippen LogP contribution is -2.12. The summed E-state index contributed by atoms with van der Waals surface area (Å²) in [6.07, 6.45) is 1.47. The first kappa shape index (κ1) is 13.0. The number of nitrogens with zero attached hydrogens (tertiary/aromatic N) is 1. The molecular weight excluding hydrogens is 266 g/mol. The second kappa shape index (κ2) is 5.49. The third-order valence-corrected chi connectivity index (χ3v) is 2.84. The number of hydrogen-bond acceptors (Lipinski definition) is 6. The van der Waals surface area contributed by atoms with Crippen molar-refractivity contribution < 1.29 is 14.3 Å². The van der Waals surface area contributed by atoms with E-state index in [-0.39, 0.29) is 5.91 Å². The van der Waals surface area contributed by atoms with E-state index >= 15 is 0 Å². The lowest BCUT2D eigenvalue weighted by atomic mass is 10.2. The number of nitrogens with one attached hydrogen (secondary N) is 1. The molecular formula is C12H11N3O3S. The Morgan fingerprint density at radius 3 is 2.84 bits per heavy atom. The quantitative estimate of drug-likeness (QED) is 0.660. The molecule has 1 aromatic heterocycles. The van der Waals surface area contributed by atoms with E-state index in [1.165, 1.54) is 30.5 Å². The maximum Gasteiger partial charge on any atom is 0.308 e. The van der Waals surface area contributed by atoms with Crippen LogP contribution in [0, 0.1) is 0 Å². The van der Waals surface area contributed by atoms with Crippen molar-refractivity contribution >= 4 is 33.3 Å². The topological polar surface area (TPSA) is 94.3 Å². The van der Waals surface area contributed by atoms with Gasteiger partial charge in [0.2, 0.25) is 0 Å². The van der Waals surface area contributed by atoms with Gasteiger partial charge in [-0.1, -0.05) is 17.4 Å². The van der Waals surface area contributed by atoms with E-state index in [1.54, 1.807) is 18.2 Å². The van der Waals surface area contributed by atoms with E-state index in [1.807, 2.05) is 0 Å². The largest absolute Gasteiger partial charge is 0.427 e. The molecule has 0 radical (unpaired) electrons. The Kier molecular flexibility index (Phi) is 3.76. The Labute approximate surface area is 113 Å². The minimum Gasteiger partial charge on any atom is -0.427 e. The van der Waals surface area contributed by atoms with Crippen molar-refractivity contribution in [2.45, 2.75) is 6.92 Å². The van der Waals surface area contributed by atoms with E-state index in [9.17, 15) is 9.59 Å². The molecule has 2 rings (SSSR count). The molecule has 0 spiro atoms. The maximum atomic E-state index is 11.9. The lowest BCUT2D eigenvalue weighted by Gasteiger charge is -2.04. The van der Waals surface area contributed by atoms with Gasteiger partial charge in [0.1, 0.15) is 10.8 Å². The summed E-state index contributed by atoms with van der Waals surface area (Å²) in [5.74, 6) is -0.465. The molecule has 2 aromatic rings. The zero-order valence-electron chi connectivity index (χ0n) is 10.0. The second-order valence-electron chi connectivity index (χ2n) is 3.64. The Hall–Kier alpha value is -2.41. The summed E-state index contributed by atoms with van der Waals surface area (Å²) in [7, 11) is 0.